The molecule has 1 atom stereocenters. The van der Waals surface area contributed by atoms with E-state index in [4.69, 9.17) is 15.4 Å². The average Bonchev–Trinajstić information content (AvgIpc) is 2.15. The van der Waals surface area contributed by atoms with E-state index in [1.54, 1.807) is 20.8 Å². The third-order valence-corrected chi connectivity index (χ3v) is 1.79. The summed E-state index contributed by atoms with van der Waals surface area (Å²) in [4.78, 5) is 20.3. The number of hydroxylamine groups is 1. The van der Waals surface area contributed by atoms with Crippen LogP contribution in [-0.4, -0.2) is 17.9 Å². The lowest BCUT2D eigenvalue weighted by atomic mass is 10.2. The molecule has 0 spiro atoms. The number of amides is 1. The Morgan fingerprint density at radius 2 is 2.00 bits per heavy atom. The molecule has 0 fully saturated rings. The van der Waals surface area contributed by atoms with Gasteiger partial charge in [0, 0.05) is 0 Å². The molecule has 0 aliphatic heterocycles. The molecular weight excluding hydrogens is 224 g/mol. The molecule has 6 heteroatoms. The van der Waals surface area contributed by atoms with E-state index >= 15 is 0 Å². The van der Waals surface area contributed by atoms with Crippen molar-refractivity contribution in [1.82, 2.24) is 5.48 Å². The van der Waals surface area contributed by atoms with Crippen molar-refractivity contribution in [3.05, 3.63) is 0 Å². The maximum Gasteiger partial charge on any atom is 0.434 e. The maximum atomic E-state index is 11.1. The van der Waals surface area contributed by atoms with Gasteiger partial charge in [-0.15, -0.1) is 4.99 Å². The molecule has 0 aromatic rings. The standard InChI is InChI=1S/C11H24N2O4/c1-5-6-7-8-9(12)16-17-13-10(14)15-11(2,3)4/h9H,5-8,12H2,1-4H3,(H,13,14). The Balaban J connectivity index is 3.52. The van der Waals surface area contributed by atoms with Crippen molar-refractivity contribution in [1.29, 1.82) is 0 Å². The molecule has 0 saturated heterocycles. The van der Waals surface area contributed by atoms with E-state index in [1.165, 1.54) is 0 Å². The molecule has 3 N–H and O–H groups in total. The fraction of sp³-hybridized carbons (Fsp3) is 0.909. The second kappa shape index (κ2) is 8.27. The number of carbonyl (C=O) groups is 1. The molecular formula is C11H24N2O4. The fourth-order valence-electron chi connectivity index (χ4n) is 1.06. The van der Waals surface area contributed by atoms with Crippen LogP contribution in [0.4, 0.5) is 4.79 Å². The Morgan fingerprint density at radius 1 is 1.35 bits per heavy atom. The number of ether oxygens (including phenoxy) is 1. The SMILES string of the molecule is CCCCCC(N)OONC(=O)OC(C)(C)C. The van der Waals surface area contributed by atoms with Gasteiger partial charge < -0.3 is 10.5 Å². The van der Waals surface area contributed by atoms with Crippen LogP contribution in [0.3, 0.4) is 0 Å². The van der Waals surface area contributed by atoms with E-state index in [0.717, 1.165) is 19.3 Å². The van der Waals surface area contributed by atoms with Crippen molar-refractivity contribution in [3.63, 3.8) is 0 Å². The molecule has 0 radical (unpaired) electrons. The summed E-state index contributed by atoms with van der Waals surface area (Å²) in [5.41, 5.74) is 7.01. The van der Waals surface area contributed by atoms with E-state index in [-0.39, 0.29) is 0 Å². The van der Waals surface area contributed by atoms with Crippen LogP contribution < -0.4 is 11.2 Å². The minimum atomic E-state index is -0.710. The third kappa shape index (κ3) is 11.4. The summed E-state index contributed by atoms with van der Waals surface area (Å²) in [6, 6.07) is 0. The van der Waals surface area contributed by atoms with Crippen molar-refractivity contribution in [2.75, 3.05) is 0 Å². The summed E-state index contributed by atoms with van der Waals surface area (Å²) < 4.78 is 4.92. The highest BCUT2D eigenvalue weighted by Gasteiger charge is 2.16. The zero-order chi connectivity index (χ0) is 13.3. The van der Waals surface area contributed by atoms with E-state index in [1.807, 2.05) is 5.48 Å². The molecule has 6 nitrogen and oxygen atoms in total. The highest BCUT2D eigenvalue weighted by Crippen LogP contribution is 2.06. The molecule has 0 heterocycles. The van der Waals surface area contributed by atoms with Gasteiger partial charge in [0.25, 0.3) is 0 Å². The van der Waals surface area contributed by atoms with Gasteiger partial charge in [-0.25, -0.2) is 4.79 Å². The van der Waals surface area contributed by atoms with Crippen LogP contribution in [0.25, 0.3) is 0 Å². The van der Waals surface area contributed by atoms with Crippen LogP contribution in [0.5, 0.6) is 0 Å². The first-order valence-corrected chi connectivity index (χ1v) is 5.92. The largest absolute Gasteiger partial charge is 0.442 e. The second-order valence-corrected chi connectivity index (χ2v) is 4.82. The van der Waals surface area contributed by atoms with Crippen LogP contribution >= 0.6 is 0 Å². The van der Waals surface area contributed by atoms with Gasteiger partial charge >= 0.3 is 6.09 Å². The average molecular weight is 248 g/mol. The van der Waals surface area contributed by atoms with Crippen molar-refractivity contribution in [2.45, 2.75) is 65.2 Å². The lowest BCUT2D eigenvalue weighted by Crippen LogP contribution is -2.35. The second-order valence-electron chi connectivity index (χ2n) is 4.82. The first-order chi connectivity index (χ1) is 7.85. The number of hydrogen-bond donors (Lipinski definition) is 2. The first-order valence-electron chi connectivity index (χ1n) is 5.92. The van der Waals surface area contributed by atoms with Gasteiger partial charge in [0.2, 0.25) is 0 Å². The maximum absolute atomic E-state index is 11.1. The van der Waals surface area contributed by atoms with Crippen molar-refractivity contribution in [2.24, 2.45) is 5.73 Å². The van der Waals surface area contributed by atoms with Gasteiger partial charge in [0.15, 0.2) is 0 Å². The number of carbonyl (C=O) groups excluding carboxylic acids is 1. The van der Waals surface area contributed by atoms with Crippen molar-refractivity contribution >= 4 is 6.09 Å². The van der Waals surface area contributed by atoms with Crippen molar-refractivity contribution < 1.29 is 19.4 Å². The molecule has 0 bridgehead atoms. The molecule has 1 unspecified atom stereocenters. The molecule has 0 rings (SSSR count). The van der Waals surface area contributed by atoms with Gasteiger partial charge in [-0.3, -0.25) is 0 Å². The molecule has 17 heavy (non-hydrogen) atoms. The summed E-state index contributed by atoms with van der Waals surface area (Å²) in [6.45, 7) is 7.37. The smallest absolute Gasteiger partial charge is 0.434 e. The van der Waals surface area contributed by atoms with Crippen LogP contribution in [0.15, 0.2) is 0 Å². The topological polar surface area (TPSA) is 82.8 Å². The third-order valence-electron chi connectivity index (χ3n) is 1.79. The number of rotatable bonds is 7. The summed E-state index contributed by atoms with van der Waals surface area (Å²) in [6.07, 6.45) is 2.60. The Labute approximate surface area is 103 Å². The number of hydrogen-bond acceptors (Lipinski definition) is 5. The lowest BCUT2D eigenvalue weighted by Gasteiger charge is -2.19. The molecule has 0 aliphatic rings. The number of nitrogens with two attached hydrogens (primary N) is 1. The predicted molar refractivity (Wildman–Crippen MR) is 63.7 cm³/mol. The Morgan fingerprint density at radius 3 is 2.53 bits per heavy atom. The molecule has 1 amide bonds. The van der Waals surface area contributed by atoms with E-state index < -0.39 is 17.9 Å². The fourth-order valence-corrected chi connectivity index (χ4v) is 1.06. The lowest BCUT2D eigenvalue weighted by molar-refractivity contribution is -0.354. The Hall–Kier alpha value is -0.850. The molecule has 0 aliphatic carbocycles. The molecule has 0 aromatic heterocycles. The minimum Gasteiger partial charge on any atom is -0.442 e. The van der Waals surface area contributed by atoms with Gasteiger partial charge in [-0.1, -0.05) is 19.8 Å². The van der Waals surface area contributed by atoms with E-state index in [2.05, 4.69) is 11.9 Å². The first kappa shape index (κ1) is 16.1. The normalized spacial score (nSPS) is 13.2. The predicted octanol–water partition coefficient (Wildman–Crippen LogP) is 2.24. The van der Waals surface area contributed by atoms with Gasteiger partial charge in [0.05, 0.1) is 0 Å². The quantitative estimate of drug-likeness (QED) is 0.312. The molecule has 0 aromatic carbocycles. The zero-order valence-corrected chi connectivity index (χ0v) is 11.1. The van der Waals surface area contributed by atoms with Gasteiger partial charge in [0.1, 0.15) is 11.8 Å². The van der Waals surface area contributed by atoms with Crippen LogP contribution in [-0.2, 0) is 14.6 Å². The Bertz CT molecular complexity index is 216. The summed E-state index contributed by atoms with van der Waals surface area (Å²) >= 11 is 0. The van der Waals surface area contributed by atoms with E-state index in [9.17, 15) is 4.79 Å². The summed E-state index contributed by atoms with van der Waals surface area (Å²) in [5, 5.41) is 0. The molecule has 0 saturated carbocycles. The summed E-state index contributed by atoms with van der Waals surface area (Å²) in [7, 11) is 0. The van der Waals surface area contributed by atoms with Gasteiger partial charge in [-0.05, 0) is 33.6 Å². The number of nitrogens with one attached hydrogen (secondary N) is 1. The summed E-state index contributed by atoms with van der Waals surface area (Å²) in [5.74, 6) is 0. The van der Waals surface area contributed by atoms with E-state index in [0.29, 0.717) is 6.42 Å². The monoisotopic (exact) mass is 248 g/mol. The van der Waals surface area contributed by atoms with Crippen LogP contribution in [0.1, 0.15) is 53.4 Å². The Kier molecular flexibility index (Phi) is 7.86. The zero-order valence-electron chi connectivity index (χ0n) is 11.1. The minimum absolute atomic E-state index is 0.545. The van der Waals surface area contributed by atoms with Crippen LogP contribution in [0, 0.1) is 0 Å². The number of unbranched alkanes of at least 4 members (excludes halogenated alkanes) is 2. The van der Waals surface area contributed by atoms with Crippen LogP contribution in [0.2, 0.25) is 0 Å². The highest BCUT2D eigenvalue weighted by molar-refractivity contribution is 5.66. The highest BCUT2D eigenvalue weighted by atomic mass is 17.3. The van der Waals surface area contributed by atoms with Crippen molar-refractivity contribution in [3.8, 4) is 0 Å². The molecule has 102 valence electrons. The van der Waals surface area contributed by atoms with Gasteiger partial charge in [-0.2, -0.15) is 10.4 Å².